The summed E-state index contributed by atoms with van der Waals surface area (Å²) in [4.78, 5) is 10.7. The van der Waals surface area contributed by atoms with Crippen LogP contribution in [0.5, 0.6) is 0 Å². The Morgan fingerprint density at radius 2 is 2.22 bits per heavy atom. The van der Waals surface area contributed by atoms with Crippen LogP contribution in [0, 0.1) is 0 Å². The quantitative estimate of drug-likeness (QED) is 0.797. The van der Waals surface area contributed by atoms with Crippen LogP contribution in [0.4, 0.5) is 4.79 Å². The zero-order valence-corrected chi connectivity index (χ0v) is 11.3. The van der Waals surface area contributed by atoms with Gasteiger partial charge in [-0.2, -0.15) is 0 Å². The van der Waals surface area contributed by atoms with Gasteiger partial charge in [-0.25, -0.2) is 4.79 Å². The number of amides is 2. The van der Waals surface area contributed by atoms with Gasteiger partial charge in [0.1, 0.15) is 0 Å². The number of rotatable bonds is 3. The molecule has 6 heteroatoms. The normalized spacial score (nSPS) is 23.0. The third-order valence-electron chi connectivity index (χ3n) is 3.22. The second-order valence-corrected chi connectivity index (χ2v) is 5.19. The molecule has 0 aromatic heterocycles. The molecule has 0 bridgehead atoms. The van der Waals surface area contributed by atoms with Crippen LogP contribution in [0.3, 0.4) is 0 Å². The summed E-state index contributed by atoms with van der Waals surface area (Å²) in [6.45, 7) is 1.43. The van der Waals surface area contributed by atoms with E-state index in [2.05, 4.69) is 10.6 Å². The van der Waals surface area contributed by atoms with Crippen molar-refractivity contribution in [2.75, 3.05) is 13.1 Å². The van der Waals surface area contributed by atoms with Gasteiger partial charge < -0.3 is 16.4 Å². The Morgan fingerprint density at radius 1 is 1.44 bits per heavy atom. The SMILES string of the molecule is NC(=O)NC[C@@H]1NCC[C@@H]1c1ccc(Cl)c(Cl)c1. The molecule has 0 spiro atoms. The lowest BCUT2D eigenvalue weighted by molar-refractivity contribution is 0.247. The summed E-state index contributed by atoms with van der Waals surface area (Å²) >= 11 is 11.9. The average Bonchev–Trinajstić information content (AvgIpc) is 2.78. The van der Waals surface area contributed by atoms with Gasteiger partial charge in [-0.05, 0) is 30.7 Å². The minimum absolute atomic E-state index is 0.176. The van der Waals surface area contributed by atoms with Crippen molar-refractivity contribution in [3.05, 3.63) is 33.8 Å². The van der Waals surface area contributed by atoms with Gasteiger partial charge in [-0.15, -0.1) is 0 Å². The van der Waals surface area contributed by atoms with Crippen LogP contribution in [0.2, 0.25) is 10.0 Å². The molecular weight excluding hydrogens is 273 g/mol. The Morgan fingerprint density at radius 3 is 2.89 bits per heavy atom. The first-order valence-electron chi connectivity index (χ1n) is 5.79. The molecule has 1 aliphatic rings. The lowest BCUT2D eigenvalue weighted by atomic mass is 9.92. The average molecular weight is 288 g/mol. The predicted octanol–water partition coefficient (Wildman–Crippen LogP) is 2.11. The number of benzene rings is 1. The minimum Gasteiger partial charge on any atom is -0.352 e. The summed E-state index contributed by atoms with van der Waals surface area (Å²) in [7, 11) is 0. The Balaban J connectivity index is 2.10. The fourth-order valence-corrected chi connectivity index (χ4v) is 2.64. The van der Waals surface area contributed by atoms with Gasteiger partial charge >= 0.3 is 6.03 Å². The zero-order chi connectivity index (χ0) is 13.1. The number of nitrogens with one attached hydrogen (secondary N) is 2. The van der Waals surface area contributed by atoms with Crippen LogP contribution < -0.4 is 16.4 Å². The van der Waals surface area contributed by atoms with Crippen molar-refractivity contribution in [2.45, 2.75) is 18.4 Å². The van der Waals surface area contributed by atoms with Crippen molar-refractivity contribution in [1.29, 1.82) is 0 Å². The topological polar surface area (TPSA) is 67.2 Å². The van der Waals surface area contributed by atoms with E-state index in [1.165, 1.54) is 0 Å². The molecule has 1 fully saturated rings. The lowest BCUT2D eigenvalue weighted by Gasteiger charge is -2.20. The smallest absolute Gasteiger partial charge is 0.312 e. The van der Waals surface area contributed by atoms with E-state index in [-0.39, 0.29) is 6.04 Å². The maximum Gasteiger partial charge on any atom is 0.312 e. The van der Waals surface area contributed by atoms with Crippen molar-refractivity contribution in [3.63, 3.8) is 0 Å². The highest BCUT2D eigenvalue weighted by Crippen LogP contribution is 2.32. The number of halogens is 2. The zero-order valence-electron chi connectivity index (χ0n) is 9.75. The first-order valence-corrected chi connectivity index (χ1v) is 6.55. The van der Waals surface area contributed by atoms with Gasteiger partial charge in [-0.3, -0.25) is 0 Å². The maximum atomic E-state index is 10.7. The predicted molar refractivity (Wildman–Crippen MR) is 73.2 cm³/mol. The van der Waals surface area contributed by atoms with E-state index < -0.39 is 6.03 Å². The maximum absolute atomic E-state index is 10.7. The summed E-state index contributed by atoms with van der Waals surface area (Å²) in [6, 6.07) is 5.34. The van der Waals surface area contributed by atoms with Crippen molar-refractivity contribution < 1.29 is 4.79 Å². The highest BCUT2D eigenvalue weighted by Gasteiger charge is 2.28. The highest BCUT2D eigenvalue weighted by atomic mass is 35.5. The van der Waals surface area contributed by atoms with Gasteiger partial charge in [0.2, 0.25) is 0 Å². The van der Waals surface area contributed by atoms with Crippen molar-refractivity contribution in [3.8, 4) is 0 Å². The van der Waals surface area contributed by atoms with Gasteiger partial charge in [0.05, 0.1) is 10.0 Å². The summed E-state index contributed by atoms with van der Waals surface area (Å²) in [5, 5.41) is 7.09. The van der Waals surface area contributed by atoms with Crippen LogP contribution in [0.1, 0.15) is 17.9 Å². The van der Waals surface area contributed by atoms with E-state index in [1.807, 2.05) is 12.1 Å². The first kappa shape index (κ1) is 13.5. The number of carbonyl (C=O) groups is 1. The summed E-state index contributed by atoms with van der Waals surface area (Å²) in [5.74, 6) is 0.312. The molecule has 98 valence electrons. The van der Waals surface area contributed by atoms with E-state index in [1.54, 1.807) is 6.07 Å². The number of nitrogens with two attached hydrogens (primary N) is 1. The third-order valence-corrected chi connectivity index (χ3v) is 3.95. The molecule has 1 saturated heterocycles. The van der Waals surface area contributed by atoms with Crippen molar-refractivity contribution in [1.82, 2.24) is 10.6 Å². The van der Waals surface area contributed by atoms with Crippen LogP contribution in [0.25, 0.3) is 0 Å². The standard InChI is InChI=1S/C12H15Cl2N3O/c13-9-2-1-7(5-10(9)14)8-3-4-16-11(8)6-17-12(15)18/h1-2,5,8,11,16H,3-4,6H2,(H3,15,17,18)/t8-,11+/m1/s1. The molecule has 4 nitrogen and oxygen atoms in total. The Kier molecular flexibility index (Phi) is 4.32. The van der Waals surface area contributed by atoms with Gasteiger partial charge in [-0.1, -0.05) is 29.3 Å². The molecule has 2 rings (SSSR count). The molecule has 2 atom stereocenters. The van der Waals surface area contributed by atoms with E-state index in [4.69, 9.17) is 28.9 Å². The van der Waals surface area contributed by atoms with Gasteiger partial charge in [0.15, 0.2) is 0 Å². The lowest BCUT2D eigenvalue weighted by Crippen LogP contribution is -2.41. The highest BCUT2D eigenvalue weighted by molar-refractivity contribution is 6.42. The molecule has 18 heavy (non-hydrogen) atoms. The number of urea groups is 1. The number of primary amides is 1. The second kappa shape index (κ2) is 5.78. The fraction of sp³-hybridized carbons (Fsp3) is 0.417. The Bertz CT molecular complexity index is 453. The van der Waals surface area contributed by atoms with Gasteiger partial charge in [0, 0.05) is 18.5 Å². The Labute approximate surface area is 116 Å². The van der Waals surface area contributed by atoms with Crippen LogP contribution in [-0.4, -0.2) is 25.2 Å². The van der Waals surface area contributed by atoms with E-state index >= 15 is 0 Å². The minimum atomic E-state index is -0.503. The summed E-state index contributed by atoms with van der Waals surface area (Å²) in [5.41, 5.74) is 6.21. The molecule has 1 aliphatic heterocycles. The molecular formula is C12H15Cl2N3O. The molecule has 0 unspecified atom stereocenters. The molecule has 0 radical (unpaired) electrons. The number of carbonyl (C=O) groups excluding carboxylic acids is 1. The van der Waals surface area contributed by atoms with E-state index in [9.17, 15) is 4.79 Å². The second-order valence-electron chi connectivity index (χ2n) is 4.37. The number of hydrogen-bond donors (Lipinski definition) is 3. The third kappa shape index (κ3) is 3.07. The molecule has 0 aliphatic carbocycles. The largest absolute Gasteiger partial charge is 0.352 e. The molecule has 1 heterocycles. The fourth-order valence-electron chi connectivity index (χ4n) is 2.33. The monoisotopic (exact) mass is 287 g/mol. The van der Waals surface area contributed by atoms with Crippen molar-refractivity contribution in [2.24, 2.45) is 5.73 Å². The van der Waals surface area contributed by atoms with Crippen molar-refractivity contribution >= 4 is 29.2 Å². The molecule has 1 aromatic rings. The van der Waals surface area contributed by atoms with E-state index in [0.717, 1.165) is 18.5 Å². The van der Waals surface area contributed by atoms with Crippen LogP contribution in [0.15, 0.2) is 18.2 Å². The Hall–Kier alpha value is -0.970. The molecule has 4 N–H and O–H groups in total. The summed E-state index contributed by atoms with van der Waals surface area (Å²) in [6.07, 6.45) is 1.00. The molecule has 1 aromatic carbocycles. The van der Waals surface area contributed by atoms with Gasteiger partial charge in [0.25, 0.3) is 0 Å². The number of hydrogen-bond acceptors (Lipinski definition) is 2. The van der Waals surface area contributed by atoms with Crippen LogP contribution >= 0.6 is 23.2 Å². The first-order chi connectivity index (χ1) is 8.58. The van der Waals surface area contributed by atoms with E-state index in [0.29, 0.717) is 22.5 Å². The molecule has 0 saturated carbocycles. The summed E-state index contributed by atoms with van der Waals surface area (Å²) < 4.78 is 0. The molecule has 2 amide bonds. The van der Waals surface area contributed by atoms with Crippen LogP contribution in [-0.2, 0) is 0 Å².